The van der Waals surface area contributed by atoms with E-state index in [1.807, 2.05) is 19.1 Å². The fourth-order valence-electron chi connectivity index (χ4n) is 2.62. The van der Waals surface area contributed by atoms with Gasteiger partial charge in [0, 0.05) is 24.1 Å². The molecule has 2 aliphatic heterocycles. The van der Waals surface area contributed by atoms with Gasteiger partial charge in [-0.2, -0.15) is 0 Å². The average molecular weight is 287 g/mol. The zero-order valence-electron chi connectivity index (χ0n) is 11.9. The molecule has 0 radical (unpaired) electrons. The zero-order valence-corrected chi connectivity index (χ0v) is 11.9. The van der Waals surface area contributed by atoms with Gasteiger partial charge in [-0.05, 0) is 37.1 Å². The van der Waals surface area contributed by atoms with Gasteiger partial charge in [-0.1, -0.05) is 6.58 Å². The standard InChI is InChI=1S/C16H17NO4/c1-10-8-16(2,21-15(10)19)9-20-12-4-5-13-11(7-12)3-6-14(18)17-13/h4-5,7H,1,3,6,8-9H2,2H3,(H,17,18). The van der Waals surface area contributed by atoms with E-state index in [0.29, 0.717) is 30.6 Å². The molecule has 1 aromatic rings. The average Bonchev–Trinajstić information content (AvgIpc) is 2.70. The predicted molar refractivity (Wildman–Crippen MR) is 77.1 cm³/mol. The molecule has 1 amide bonds. The van der Waals surface area contributed by atoms with E-state index in [1.54, 1.807) is 6.07 Å². The molecule has 1 atom stereocenters. The summed E-state index contributed by atoms with van der Waals surface area (Å²) >= 11 is 0. The highest BCUT2D eigenvalue weighted by Gasteiger charge is 2.39. The Morgan fingerprint density at radius 1 is 1.38 bits per heavy atom. The number of cyclic esters (lactones) is 1. The number of fused-ring (bicyclic) bond motifs is 1. The minimum atomic E-state index is -0.654. The largest absolute Gasteiger partial charge is 0.489 e. The maximum Gasteiger partial charge on any atom is 0.334 e. The van der Waals surface area contributed by atoms with E-state index >= 15 is 0 Å². The van der Waals surface area contributed by atoms with Crippen LogP contribution in [0.25, 0.3) is 0 Å². The summed E-state index contributed by atoms with van der Waals surface area (Å²) in [5, 5.41) is 2.83. The zero-order chi connectivity index (χ0) is 15.0. The van der Waals surface area contributed by atoms with Gasteiger partial charge in [0.15, 0.2) is 0 Å². The Morgan fingerprint density at radius 2 is 2.19 bits per heavy atom. The van der Waals surface area contributed by atoms with Gasteiger partial charge in [-0.25, -0.2) is 4.79 Å². The number of rotatable bonds is 3. The Kier molecular flexibility index (Phi) is 3.20. The van der Waals surface area contributed by atoms with Crippen molar-refractivity contribution in [3.05, 3.63) is 35.9 Å². The molecule has 0 aliphatic carbocycles. The number of esters is 1. The van der Waals surface area contributed by atoms with Gasteiger partial charge in [-0.3, -0.25) is 4.79 Å². The SMILES string of the molecule is C=C1CC(C)(COc2ccc3c(c2)CCC(=O)N3)OC1=O. The fourth-order valence-corrected chi connectivity index (χ4v) is 2.62. The van der Waals surface area contributed by atoms with Crippen LogP contribution in [0, 0.1) is 0 Å². The van der Waals surface area contributed by atoms with Crippen molar-refractivity contribution < 1.29 is 19.1 Å². The number of nitrogens with one attached hydrogen (secondary N) is 1. The molecule has 0 bridgehead atoms. The molecule has 2 heterocycles. The minimum Gasteiger partial charge on any atom is -0.489 e. The highest BCUT2D eigenvalue weighted by Crippen LogP contribution is 2.31. The van der Waals surface area contributed by atoms with Gasteiger partial charge < -0.3 is 14.8 Å². The summed E-state index contributed by atoms with van der Waals surface area (Å²) in [5.41, 5.74) is 1.72. The number of hydrogen-bond donors (Lipinski definition) is 1. The van der Waals surface area contributed by atoms with Crippen molar-refractivity contribution in [2.75, 3.05) is 11.9 Å². The predicted octanol–water partition coefficient (Wildman–Crippen LogP) is 2.21. The lowest BCUT2D eigenvalue weighted by Gasteiger charge is -2.23. The first kappa shape index (κ1) is 13.7. The molecule has 0 aromatic heterocycles. The topological polar surface area (TPSA) is 64.6 Å². The maximum absolute atomic E-state index is 11.4. The summed E-state index contributed by atoms with van der Waals surface area (Å²) in [5.74, 6) is 0.397. The van der Waals surface area contributed by atoms with Crippen molar-refractivity contribution in [3.63, 3.8) is 0 Å². The summed E-state index contributed by atoms with van der Waals surface area (Å²) in [6.07, 6.45) is 1.68. The van der Waals surface area contributed by atoms with Gasteiger partial charge >= 0.3 is 5.97 Å². The first-order valence-corrected chi connectivity index (χ1v) is 6.92. The molecular weight excluding hydrogens is 270 g/mol. The van der Waals surface area contributed by atoms with E-state index in [1.165, 1.54) is 0 Å². The number of benzene rings is 1. The van der Waals surface area contributed by atoms with E-state index in [4.69, 9.17) is 9.47 Å². The molecule has 110 valence electrons. The van der Waals surface area contributed by atoms with E-state index in [0.717, 1.165) is 11.3 Å². The van der Waals surface area contributed by atoms with Gasteiger partial charge in [0.05, 0.1) is 0 Å². The van der Waals surface area contributed by atoms with Crippen molar-refractivity contribution in [3.8, 4) is 5.75 Å². The van der Waals surface area contributed by atoms with Crippen molar-refractivity contribution in [1.29, 1.82) is 0 Å². The fraction of sp³-hybridized carbons (Fsp3) is 0.375. The molecule has 2 aliphatic rings. The Hall–Kier alpha value is -2.30. The van der Waals surface area contributed by atoms with Crippen LogP contribution in [0.15, 0.2) is 30.4 Å². The summed E-state index contributed by atoms with van der Waals surface area (Å²) in [6, 6.07) is 5.56. The maximum atomic E-state index is 11.4. The Labute approximate surface area is 122 Å². The van der Waals surface area contributed by atoms with Crippen LogP contribution in [0.5, 0.6) is 5.75 Å². The van der Waals surface area contributed by atoms with E-state index < -0.39 is 5.60 Å². The molecule has 3 rings (SSSR count). The lowest BCUT2D eigenvalue weighted by atomic mass is 10.0. The van der Waals surface area contributed by atoms with Crippen molar-refractivity contribution in [1.82, 2.24) is 0 Å². The Balaban J connectivity index is 1.68. The number of amides is 1. The number of ether oxygens (including phenoxy) is 2. The molecule has 1 fully saturated rings. The third-order valence-corrected chi connectivity index (χ3v) is 3.73. The van der Waals surface area contributed by atoms with Gasteiger partial charge in [-0.15, -0.1) is 0 Å². The van der Waals surface area contributed by atoms with E-state index in [2.05, 4.69) is 11.9 Å². The van der Waals surface area contributed by atoms with Crippen LogP contribution in [0.1, 0.15) is 25.3 Å². The molecule has 1 unspecified atom stereocenters. The number of hydrogen-bond acceptors (Lipinski definition) is 4. The van der Waals surface area contributed by atoms with Crippen LogP contribution in [-0.2, 0) is 20.7 Å². The van der Waals surface area contributed by atoms with Crippen LogP contribution in [-0.4, -0.2) is 24.1 Å². The second kappa shape index (κ2) is 4.91. The van der Waals surface area contributed by atoms with Crippen molar-refractivity contribution in [2.45, 2.75) is 31.8 Å². The van der Waals surface area contributed by atoms with Crippen LogP contribution in [0.2, 0.25) is 0 Å². The lowest BCUT2D eigenvalue weighted by Crippen LogP contribution is -2.32. The summed E-state index contributed by atoms with van der Waals surface area (Å²) in [4.78, 5) is 22.7. The first-order valence-electron chi connectivity index (χ1n) is 6.92. The number of carbonyl (C=O) groups excluding carboxylic acids is 2. The monoisotopic (exact) mass is 287 g/mol. The van der Waals surface area contributed by atoms with Crippen molar-refractivity contribution in [2.24, 2.45) is 0 Å². The normalized spacial score (nSPS) is 24.3. The summed E-state index contributed by atoms with van der Waals surface area (Å²) in [6.45, 7) is 5.80. The number of anilines is 1. The molecule has 1 aromatic carbocycles. The Bertz CT molecular complexity index is 619. The minimum absolute atomic E-state index is 0.0417. The lowest BCUT2D eigenvalue weighted by molar-refractivity contribution is -0.147. The molecule has 0 spiro atoms. The van der Waals surface area contributed by atoms with Crippen LogP contribution in [0.3, 0.4) is 0 Å². The van der Waals surface area contributed by atoms with Crippen LogP contribution in [0.4, 0.5) is 5.69 Å². The number of carbonyl (C=O) groups is 2. The Morgan fingerprint density at radius 3 is 2.90 bits per heavy atom. The van der Waals surface area contributed by atoms with Gasteiger partial charge in [0.25, 0.3) is 0 Å². The van der Waals surface area contributed by atoms with Gasteiger partial charge in [0.1, 0.15) is 18.0 Å². The smallest absolute Gasteiger partial charge is 0.334 e. The van der Waals surface area contributed by atoms with Gasteiger partial charge in [0.2, 0.25) is 5.91 Å². The second-order valence-electron chi connectivity index (χ2n) is 5.78. The summed E-state index contributed by atoms with van der Waals surface area (Å²) < 4.78 is 11.0. The third-order valence-electron chi connectivity index (χ3n) is 3.73. The highest BCUT2D eigenvalue weighted by molar-refractivity contribution is 5.94. The second-order valence-corrected chi connectivity index (χ2v) is 5.78. The molecule has 0 saturated carbocycles. The van der Waals surface area contributed by atoms with Crippen molar-refractivity contribution >= 4 is 17.6 Å². The molecule has 5 heteroatoms. The summed E-state index contributed by atoms with van der Waals surface area (Å²) in [7, 11) is 0. The number of aryl methyl sites for hydroxylation is 1. The first-order chi connectivity index (χ1) is 9.95. The third kappa shape index (κ3) is 2.77. The van der Waals surface area contributed by atoms with Crippen LogP contribution < -0.4 is 10.1 Å². The quantitative estimate of drug-likeness (QED) is 0.684. The molecule has 5 nitrogen and oxygen atoms in total. The van der Waals surface area contributed by atoms with Crippen LogP contribution >= 0.6 is 0 Å². The molecular formula is C16H17NO4. The molecule has 1 N–H and O–H groups in total. The van der Waals surface area contributed by atoms with E-state index in [9.17, 15) is 9.59 Å². The molecule has 1 saturated heterocycles. The highest BCUT2D eigenvalue weighted by atomic mass is 16.6. The van der Waals surface area contributed by atoms with E-state index in [-0.39, 0.29) is 18.5 Å². The molecule has 21 heavy (non-hydrogen) atoms.